The molecule has 0 saturated heterocycles. The first-order valence-electron chi connectivity index (χ1n) is 4.76. The predicted octanol–water partition coefficient (Wildman–Crippen LogP) is 3.56. The second kappa shape index (κ2) is 4.90. The Bertz CT molecular complexity index is 451. The Morgan fingerprint density at radius 1 is 1.00 bits per heavy atom. The summed E-state index contributed by atoms with van der Waals surface area (Å²) in [5.74, 6) is 2.73. The maximum Gasteiger partial charge on any atom is 0.203 e. The number of methoxy groups -OCH3 is 2. The maximum atomic E-state index is 5.69. The first-order valence-corrected chi connectivity index (χ1v) is 5.70. The fourth-order valence-electron chi connectivity index (χ4n) is 1.38. The van der Waals surface area contributed by atoms with Crippen molar-refractivity contribution in [3.63, 3.8) is 0 Å². The van der Waals surface area contributed by atoms with E-state index in [2.05, 4.69) is 0 Å². The zero-order valence-electron chi connectivity index (χ0n) is 9.10. The molecule has 0 unspecified atom stereocenters. The second-order valence-electron chi connectivity index (χ2n) is 3.05. The molecule has 0 fully saturated rings. The Morgan fingerprint density at radius 3 is 2.44 bits per heavy atom. The molecule has 0 amide bonds. The SMILES string of the molecule is COc1cccc(Oc2ccsc2)c1OC. The highest BCUT2D eigenvalue weighted by atomic mass is 32.1. The molecule has 2 rings (SSSR count). The van der Waals surface area contributed by atoms with Gasteiger partial charge in [0.2, 0.25) is 5.75 Å². The van der Waals surface area contributed by atoms with Crippen molar-refractivity contribution in [2.24, 2.45) is 0 Å². The van der Waals surface area contributed by atoms with Crippen LogP contribution in [0.3, 0.4) is 0 Å². The van der Waals surface area contributed by atoms with Crippen molar-refractivity contribution < 1.29 is 14.2 Å². The van der Waals surface area contributed by atoms with E-state index in [9.17, 15) is 0 Å². The van der Waals surface area contributed by atoms with Crippen LogP contribution in [0, 0.1) is 0 Å². The van der Waals surface area contributed by atoms with Crippen molar-refractivity contribution in [1.82, 2.24) is 0 Å². The molecule has 2 aromatic rings. The quantitative estimate of drug-likeness (QED) is 0.812. The van der Waals surface area contributed by atoms with Gasteiger partial charge < -0.3 is 14.2 Å². The summed E-state index contributed by atoms with van der Waals surface area (Å²) in [6, 6.07) is 7.45. The van der Waals surface area contributed by atoms with E-state index in [4.69, 9.17) is 14.2 Å². The largest absolute Gasteiger partial charge is 0.493 e. The van der Waals surface area contributed by atoms with Gasteiger partial charge in [-0.25, -0.2) is 0 Å². The first kappa shape index (κ1) is 10.8. The van der Waals surface area contributed by atoms with Crippen molar-refractivity contribution in [1.29, 1.82) is 0 Å². The number of para-hydroxylation sites is 1. The highest BCUT2D eigenvalue weighted by Gasteiger charge is 2.11. The summed E-state index contributed by atoms with van der Waals surface area (Å²) < 4.78 is 16.2. The van der Waals surface area contributed by atoms with Crippen molar-refractivity contribution in [2.45, 2.75) is 0 Å². The smallest absolute Gasteiger partial charge is 0.203 e. The van der Waals surface area contributed by atoms with Crippen LogP contribution < -0.4 is 14.2 Å². The molecule has 1 aromatic heterocycles. The standard InChI is InChI=1S/C12H12O3S/c1-13-10-4-3-5-11(12(10)14-2)15-9-6-7-16-8-9/h3-8H,1-2H3. The van der Waals surface area contributed by atoms with Crippen molar-refractivity contribution in [2.75, 3.05) is 14.2 Å². The van der Waals surface area contributed by atoms with Gasteiger partial charge in [-0.05, 0) is 23.6 Å². The molecule has 16 heavy (non-hydrogen) atoms. The molecule has 3 nitrogen and oxygen atoms in total. The van der Waals surface area contributed by atoms with Gasteiger partial charge in [0.15, 0.2) is 11.5 Å². The van der Waals surface area contributed by atoms with Crippen LogP contribution >= 0.6 is 11.3 Å². The Morgan fingerprint density at radius 2 is 1.81 bits per heavy atom. The van der Waals surface area contributed by atoms with Crippen molar-refractivity contribution in [3.8, 4) is 23.0 Å². The third-order valence-electron chi connectivity index (χ3n) is 2.09. The lowest BCUT2D eigenvalue weighted by atomic mass is 10.3. The van der Waals surface area contributed by atoms with Crippen molar-refractivity contribution in [3.05, 3.63) is 35.0 Å². The lowest BCUT2D eigenvalue weighted by molar-refractivity contribution is 0.336. The molecule has 0 radical (unpaired) electrons. The van der Waals surface area contributed by atoms with Crippen molar-refractivity contribution >= 4 is 11.3 Å². The molecular weight excluding hydrogens is 224 g/mol. The maximum absolute atomic E-state index is 5.69. The van der Waals surface area contributed by atoms with E-state index in [1.54, 1.807) is 25.6 Å². The molecule has 1 aromatic carbocycles. The molecule has 84 valence electrons. The molecule has 0 N–H and O–H groups in total. The van der Waals surface area contributed by atoms with Gasteiger partial charge in [-0.3, -0.25) is 0 Å². The highest BCUT2D eigenvalue weighted by molar-refractivity contribution is 7.08. The van der Waals surface area contributed by atoms with E-state index in [1.165, 1.54) is 0 Å². The summed E-state index contributed by atoms with van der Waals surface area (Å²) in [5, 5.41) is 3.89. The van der Waals surface area contributed by atoms with Crippen LogP contribution in [0.15, 0.2) is 35.0 Å². The van der Waals surface area contributed by atoms with Gasteiger partial charge >= 0.3 is 0 Å². The molecule has 0 aliphatic carbocycles. The normalized spacial score (nSPS) is 9.88. The molecule has 0 bridgehead atoms. The second-order valence-corrected chi connectivity index (χ2v) is 3.83. The lowest BCUT2D eigenvalue weighted by Crippen LogP contribution is -1.93. The number of ether oxygens (including phenoxy) is 3. The van der Waals surface area contributed by atoms with E-state index in [0.29, 0.717) is 17.2 Å². The lowest BCUT2D eigenvalue weighted by Gasteiger charge is -2.12. The number of thiophene rings is 1. The molecule has 0 aliphatic heterocycles. The van der Waals surface area contributed by atoms with Gasteiger partial charge in [0.1, 0.15) is 5.75 Å². The highest BCUT2D eigenvalue weighted by Crippen LogP contribution is 2.39. The summed E-state index contributed by atoms with van der Waals surface area (Å²) >= 11 is 1.59. The summed E-state index contributed by atoms with van der Waals surface area (Å²) in [7, 11) is 3.20. The molecule has 0 atom stereocenters. The van der Waals surface area contributed by atoms with E-state index in [-0.39, 0.29) is 0 Å². The number of hydrogen-bond acceptors (Lipinski definition) is 4. The van der Waals surface area contributed by atoms with Gasteiger partial charge in [-0.1, -0.05) is 6.07 Å². The summed E-state index contributed by atoms with van der Waals surface area (Å²) in [4.78, 5) is 0. The molecule has 1 heterocycles. The van der Waals surface area contributed by atoms with E-state index < -0.39 is 0 Å². The molecule has 0 saturated carbocycles. The zero-order valence-corrected chi connectivity index (χ0v) is 9.91. The fraction of sp³-hybridized carbons (Fsp3) is 0.167. The van der Waals surface area contributed by atoms with Gasteiger partial charge in [0.05, 0.1) is 14.2 Å². The minimum absolute atomic E-state index is 0.608. The average Bonchev–Trinajstić information content (AvgIpc) is 2.81. The Balaban J connectivity index is 2.33. The van der Waals surface area contributed by atoms with E-state index >= 15 is 0 Å². The number of rotatable bonds is 4. The van der Waals surface area contributed by atoms with Gasteiger partial charge in [-0.15, -0.1) is 11.3 Å². The van der Waals surface area contributed by atoms with Crippen LogP contribution in [0.2, 0.25) is 0 Å². The number of benzene rings is 1. The van der Waals surface area contributed by atoms with E-state index in [1.807, 2.05) is 35.0 Å². The van der Waals surface area contributed by atoms with Crippen LogP contribution in [0.4, 0.5) is 0 Å². The summed E-state index contributed by atoms with van der Waals surface area (Å²) in [6.45, 7) is 0. The monoisotopic (exact) mass is 236 g/mol. The van der Waals surface area contributed by atoms with Crippen LogP contribution in [0.5, 0.6) is 23.0 Å². The summed E-state index contributed by atoms with van der Waals surface area (Å²) in [6.07, 6.45) is 0. The van der Waals surface area contributed by atoms with Gasteiger partial charge in [0.25, 0.3) is 0 Å². The van der Waals surface area contributed by atoms with Crippen LogP contribution in [-0.2, 0) is 0 Å². The minimum atomic E-state index is 0.608. The van der Waals surface area contributed by atoms with Crippen LogP contribution in [-0.4, -0.2) is 14.2 Å². The number of hydrogen-bond donors (Lipinski definition) is 0. The third-order valence-corrected chi connectivity index (χ3v) is 2.75. The molecular formula is C12H12O3S. The average molecular weight is 236 g/mol. The Kier molecular flexibility index (Phi) is 3.31. The predicted molar refractivity (Wildman–Crippen MR) is 63.9 cm³/mol. The zero-order chi connectivity index (χ0) is 11.4. The molecule has 4 heteroatoms. The van der Waals surface area contributed by atoms with Gasteiger partial charge in [-0.2, -0.15) is 0 Å². The molecule has 0 spiro atoms. The Hall–Kier alpha value is -1.68. The minimum Gasteiger partial charge on any atom is -0.493 e. The van der Waals surface area contributed by atoms with Crippen LogP contribution in [0.1, 0.15) is 0 Å². The first-order chi connectivity index (χ1) is 7.85. The van der Waals surface area contributed by atoms with Crippen LogP contribution in [0.25, 0.3) is 0 Å². The molecule has 0 aliphatic rings. The topological polar surface area (TPSA) is 27.7 Å². The third kappa shape index (κ3) is 2.12. The summed E-state index contributed by atoms with van der Waals surface area (Å²) in [5.41, 5.74) is 0. The Labute approximate surface area is 98.2 Å². The van der Waals surface area contributed by atoms with E-state index in [0.717, 1.165) is 5.75 Å². The fourth-order valence-corrected chi connectivity index (χ4v) is 1.93. The van der Waals surface area contributed by atoms with Gasteiger partial charge in [0, 0.05) is 5.38 Å².